The zero-order valence-corrected chi connectivity index (χ0v) is 15.7. The summed E-state index contributed by atoms with van der Waals surface area (Å²) in [4.78, 5) is 27.6. The molecule has 2 aromatic carbocycles. The fraction of sp³-hybridized carbons (Fsp3) is 0.105. The van der Waals surface area contributed by atoms with Gasteiger partial charge in [-0.25, -0.2) is 4.68 Å². The molecule has 6 nitrogen and oxygen atoms in total. The minimum atomic E-state index is -0.650. The van der Waals surface area contributed by atoms with Crippen LogP contribution >= 0.6 is 23.4 Å². The Morgan fingerprint density at radius 2 is 1.89 bits per heavy atom. The van der Waals surface area contributed by atoms with Crippen LogP contribution in [0.25, 0.3) is 5.69 Å². The highest BCUT2D eigenvalue weighted by atomic mass is 35.5. The lowest BCUT2D eigenvalue weighted by Gasteiger charge is -2.28. The van der Waals surface area contributed by atoms with Crippen molar-refractivity contribution >= 4 is 40.9 Å². The van der Waals surface area contributed by atoms with Gasteiger partial charge in [-0.3, -0.25) is 9.59 Å². The molecule has 136 valence electrons. The summed E-state index contributed by atoms with van der Waals surface area (Å²) < 4.78 is 1.40. The number of hydrogen-bond donors (Lipinski definition) is 1. The molecule has 2 N–H and O–H groups in total. The summed E-state index contributed by atoms with van der Waals surface area (Å²) in [5.41, 5.74) is 7.21. The molecule has 1 aromatic heterocycles. The SMILES string of the molecule is NC(=O)c1cc(C(=O)N2CCSc3ccc(Cl)cc32)nn1-c1ccccc1. The number of halogens is 1. The van der Waals surface area contributed by atoms with E-state index in [1.54, 1.807) is 40.9 Å². The third-order valence-electron chi connectivity index (χ3n) is 4.21. The maximum absolute atomic E-state index is 13.1. The first-order valence-electron chi connectivity index (χ1n) is 8.24. The van der Waals surface area contributed by atoms with E-state index in [1.165, 1.54) is 10.7 Å². The third-order valence-corrected chi connectivity index (χ3v) is 5.49. The minimum Gasteiger partial charge on any atom is -0.364 e. The van der Waals surface area contributed by atoms with Crippen molar-refractivity contribution in [3.05, 3.63) is 71.0 Å². The number of benzene rings is 2. The number of amides is 2. The van der Waals surface area contributed by atoms with E-state index in [4.69, 9.17) is 17.3 Å². The first kappa shape index (κ1) is 17.6. The van der Waals surface area contributed by atoms with E-state index in [-0.39, 0.29) is 17.3 Å². The zero-order valence-electron chi connectivity index (χ0n) is 14.1. The van der Waals surface area contributed by atoms with E-state index in [1.807, 2.05) is 24.3 Å². The quantitative estimate of drug-likeness (QED) is 0.733. The Labute approximate surface area is 164 Å². The van der Waals surface area contributed by atoms with Crippen molar-refractivity contribution in [3.63, 3.8) is 0 Å². The monoisotopic (exact) mass is 398 g/mol. The van der Waals surface area contributed by atoms with Crippen molar-refractivity contribution in [2.45, 2.75) is 4.90 Å². The molecule has 2 heterocycles. The molecule has 8 heteroatoms. The van der Waals surface area contributed by atoms with Crippen molar-refractivity contribution in [2.75, 3.05) is 17.2 Å². The van der Waals surface area contributed by atoms with Gasteiger partial charge in [0.1, 0.15) is 5.69 Å². The molecule has 1 aliphatic heterocycles. The Kier molecular flexibility index (Phi) is 4.63. The number of thioether (sulfide) groups is 1. The number of carbonyl (C=O) groups is 2. The van der Waals surface area contributed by atoms with Gasteiger partial charge in [0.15, 0.2) is 5.69 Å². The van der Waals surface area contributed by atoms with Crippen molar-refractivity contribution in [2.24, 2.45) is 5.73 Å². The van der Waals surface area contributed by atoms with Gasteiger partial charge in [0.25, 0.3) is 11.8 Å². The van der Waals surface area contributed by atoms with Gasteiger partial charge in [0.2, 0.25) is 0 Å². The molecule has 2 amide bonds. The average Bonchev–Trinajstić information content (AvgIpc) is 3.13. The lowest BCUT2D eigenvalue weighted by atomic mass is 10.2. The molecule has 27 heavy (non-hydrogen) atoms. The number of carbonyl (C=O) groups excluding carboxylic acids is 2. The second-order valence-corrected chi connectivity index (χ2v) is 7.52. The topological polar surface area (TPSA) is 81.2 Å². The van der Waals surface area contributed by atoms with E-state index in [2.05, 4.69) is 5.10 Å². The van der Waals surface area contributed by atoms with Crippen LogP contribution in [0, 0.1) is 0 Å². The Morgan fingerprint density at radius 3 is 2.63 bits per heavy atom. The summed E-state index contributed by atoms with van der Waals surface area (Å²) in [6, 6.07) is 16.0. The van der Waals surface area contributed by atoms with E-state index in [0.29, 0.717) is 17.3 Å². The number of aromatic nitrogens is 2. The second-order valence-electron chi connectivity index (χ2n) is 5.94. The van der Waals surface area contributed by atoms with Crippen molar-refractivity contribution in [1.29, 1.82) is 0 Å². The van der Waals surface area contributed by atoms with Crippen LogP contribution in [0.5, 0.6) is 0 Å². The van der Waals surface area contributed by atoms with Gasteiger partial charge in [0, 0.05) is 28.3 Å². The number of nitrogens with two attached hydrogens (primary N) is 1. The molecule has 0 radical (unpaired) electrons. The summed E-state index contributed by atoms with van der Waals surface area (Å²) in [5, 5.41) is 4.91. The van der Waals surface area contributed by atoms with Crippen LogP contribution in [-0.2, 0) is 0 Å². The maximum Gasteiger partial charge on any atom is 0.278 e. The molecule has 0 bridgehead atoms. The van der Waals surface area contributed by atoms with Crippen LogP contribution in [0.15, 0.2) is 59.5 Å². The number of fused-ring (bicyclic) bond motifs is 1. The molecule has 0 spiro atoms. The molecule has 3 aromatic rings. The van der Waals surface area contributed by atoms with Crippen LogP contribution < -0.4 is 10.6 Å². The lowest BCUT2D eigenvalue weighted by molar-refractivity contribution is 0.0979. The van der Waals surface area contributed by atoms with Gasteiger partial charge < -0.3 is 10.6 Å². The van der Waals surface area contributed by atoms with Crippen LogP contribution in [0.3, 0.4) is 0 Å². The minimum absolute atomic E-state index is 0.155. The highest BCUT2D eigenvalue weighted by molar-refractivity contribution is 7.99. The fourth-order valence-electron chi connectivity index (χ4n) is 2.97. The predicted octanol–water partition coefficient (Wildman–Crippen LogP) is 3.38. The number of hydrogen-bond acceptors (Lipinski definition) is 4. The van der Waals surface area contributed by atoms with Crippen molar-refractivity contribution in [3.8, 4) is 5.69 Å². The molecule has 0 aliphatic carbocycles. The standard InChI is InChI=1S/C19H15ClN4O2S/c20-12-6-7-17-15(10-12)23(8-9-27-17)19(26)14-11-16(18(21)25)24(22-14)13-4-2-1-3-5-13/h1-7,10-11H,8-9H2,(H2,21,25). The molecule has 0 fully saturated rings. The fourth-order valence-corrected chi connectivity index (χ4v) is 4.11. The van der Waals surface area contributed by atoms with Crippen LogP contribution in [-0.4, -0.2) is 33.9 Å². The first-order valence-corrected chi connectivity index (χ1v) is 9.60. The normalized spacial score (nSPS) is 13.3. The third kappa shape index (κ3) is 3.31. The van der Waals surface area contributed by atoms with Crippen LogP contribution in [0.2, 0.25) is 5.02 Å². The zero-order chi connectivity index (χ0) is 19.0. The van der Waals surface area contributed by atoms with E-state index in [0.717, 1.165) is 16.3 Å². The molecule has 4 rings (SSSR count). The van der Waals surface area contributed by atoms with Crippen molar-refractivity contribution < 1.29 is 9.59 Å². The Morgan fingerprint density at radius 1 is 1.11 bits per heavy atom. The highest BCUT2D eigenvalue weighted by Gasteiger charge is 2.27. The summed E-state index contributed by atoms with van der Waals surface area (Å²) in [6.07, 6.45) is 0. The molecule has 0 saturated carbocycles. The number of anilines is 1. The molecule has 0 unspecified atom stereocenters. The average molecular weight is 399 g/mol. The largest absolute Gasteiger partial charge is 0.364 e. The summed E-state index contributed by atoms with van der Waals surface area (Å²) in [5.74, 6) is -0.179. The Hall–Kier alpha value is -2.77. The van der Waals surface area contributed by atoms with Gasteiger partial charge in [0.05, 0.1) is 11.4 Å². The lowest BCUT2D eigenvalue weighted by Crippen LogP contribution is -2.35. The molecule has 1 aliphatic rings. The van der Waals surface area contributed by atoms with Crippen LogP contribution in [0.4, 0.5) is 5.69 Å². The number of rotatable bonds is 3. The Balaban J connectivity index is 1.76. The highest BCUT2D eigenvalue weighted by Crippen LogP contribution is 2.37. The Bertz CT molecular complexity index is 1040. The smallest absolute Gasteiger partial charge is 0.278 e. The van der Waals surface area contributed by atoms with Crippen LogP contribution in [0.1, 0.15) is 21.0 Å². The summed E-state index contributed by atoms with van der Waals surface area (Å²) >= 11 is 7.79. The van der Waals surface area contributed by atoms with Gasteiger partial charge in [-0.05, 0) is 30.3 Å². The first-order chi connectivity index (χ1) is 13.0. The number of nitrogens with zero attached hydrogens (tertiary/aromatic N) is 3. The van der Waals surface area contributed by atoms with Gasteiger partial charge >= 0.3 is 0 Å². The molecule has 0 saturated heterocycles. The van der Waals surface area contributed by atoms with E-state index in [9.17, 15) is 9.59 Å². The summed E-state index contributed by atoms with van der Waals surface area (Å²) in [6.45, 7) is 0.529. The maximum atomic E-state index is 13.1. The molecule has 0 atom stereocenters. The number of primary amides is 1. The van der Waals surface area contributed by atoms with Gasteiger partial charge in [-0.1, -0.05) is 29.8 Å². The van der Waals surface area contributed by atoms with E-state index >= 15 is 0 Å². The second kappa shape index (κ2) is 7.09. The van der Waals surface area contributed by atoms with Gasteiger partial charge in [-0.2, -0.15) is 5.10 Å². The number of para-hydroxylation sites is 1. The molecular weight excluding hydrogens is 384 g/mol. The van der Waals surface area contributed by atoms with Crippen molar-refractivity contribution in [1.82, 2.24) is 9.78 Å². The summed E-state index contributed by atoms with van der Waals surface area (Å²) in [7, 11) is 0. The van der Waals surface area contributed by atoms with E-state index < -0.39 is 5.91 Å². The molecular formula is C19H15ClN4O2S. The van der Waals surface area contributed by atoms with Gasteiger partial charge in [-0.15, -0.1) is 11.8 Å². The predicted molar refractivity (Wildman–Crippen MR) is 106 cm³/mol.